The highest BCUT2D eigenvalue weighted by Crippen LogP contribution is 2.41. The zero-order valence-electron chi connectivity index (χ0n) is 14.4. The minimum absolute atomic E-state index is 0.158. The Kier molecular flexibility index (Phi) is 5.32. The molecule has 6 heteroatoms. The van der Waals surface area contributed by atoms with Crippen molar-refractivity contribution in [3.05, 3.63) is 71.3 Å². The summed E-state index contributed by atoms with van der Waals surface area (Å²) in [7, 11) is 1.27. The molecule has 2 atom stereocenters. The number of nitrogens with zero attached hydrogens (tertiary/aromatic N) is 1. The van der Waals surface area contributed by atoms with Crippen LogP contribution in [0.2, 0.25) is 0 Å². The van der Waals surface area contributed by atoms with E-state index in [0.29, 0.717) is 19.6 Å². The first-order valence-electron chi connectivity index (χ1n) is 8.40. The van der Waals surface area contributed by atoms with Crippen molar-refractivity contribution in [3.8, 4) is 0 Å². The number of carbonyl (C=O) groups is 1. The normalized spacial score (nSPS) is 20.9. The van der Waals surface area contributed by atoms with E-state index in [1.165, 1.54) is 19.2 Å². The Hall–Kier alpha value is -2.34. The van der Waals surface area contributed by atoms with Crippen molar-refractivity contribution in [1.29, 1.82) is 0 Å². The minimum atomic E-state index is -4.45. The number of benzene rings is 2. The number of carbonyl (C=O) groups excluding carboxylic acids is 1. The van der Waals surface area contributed by atoms with Crippen molar-refractivity contribution in [2.75, 3.05) is 20.2 Å². The highest BCUT2D eigenvalue weighted by Gasteiger charge is 2.43. The molecule has 1 saturated heterocycles. The van der Waals surface area contributed by atoms with Crippen LogP contribution in [0.1, 0.15) is 22.6 Å². The standard InChI is InChI=1S/C20H20F3NO2/c1-26-19(25)17-13-24(11-14-7-3-2-4-8-14)12-16(17)15-9-5-6-10-18(15)20(21,22)23/h2-10,16-17H,11-13H2,1H3. The molecule has 2 aromatic carbocycles. The quantitative estimate of drug-likeness (QED) is 0.766. The highest BCUT2D eigenvalue weighted by molar-refractivity contribution is 5.74. The topological polar surface area (TPSA) is 29.5 Å². The molecule has 26 heavy (non-hydrogen) atoms. The fourth-order valence-corrected chi connectivity index (χ4v) is 3.64. The van der Waals surface area contributed by atoms with E-state index in [1.54, 1.807) is 6.07 Å². The molecule has 2 unspecified atom stereocenters. The van der Waals surface area contributed by atoms with Gasteiger partial charge in [0.05, 0.1) is 18.6 Å². The van der Waals surface area contributed by atoms with Crippen LogP contribution < -0.4 is 0 Å². The molecular weight excluding hydrogens is 343 g/mol. The van der Waals surface area contributed by atoms with E-state index in [2.05, 4.69) is 0 Å². The van der Waals surface area contributed by atoms with Crippen LogP contribution in [0.25, 0.3) is 0 Å². The van der Waals surface area contributed by atoms with Crippen molar-refractivity contribution < 1.29 is 22.7 Å². The van der Waals surface area contributed by atoms with Crippen LogP contribution in [0.3, 0.4) is 0 Å². The van der Waals surface area contributed by atoms with Gasteiger partial charge in [-0.1, -0.05) is 48.5 Å². The SMILES string of the molecule is COC(=O)C1CN(Cc2ccccc2)CC1c1ccccc1C(F)(F)F. The van der Waals surface area contributed by atoms with Gasteiger partial charge in [-0.15, -0.1) is 0 Å². The summed E-state index contributed by atoms with van der Waals surface area (Å²) in [4.78, 5) is 14.2. The summed E-state index contributed by atoms with van der Waals surface area (Å²) in [5.74, 6) is -1.64. The maximum absolute atomic E-state index is 13.4. The Bertz CT molecular complexity index is 761. The van der Waals surface area contributed by atoms with E-state index >= 15 is 0 Å². The van der Waals surface area contributed by atoms with Crippen molar-refractivity contribution in [1.82, 2.24) is 4.90 Å². The van der Waals surface area contributed by atoms with E-state index in [-0.39, 0.29) is 5.56 Å². The van der Waals surface area contributed by atoms with Gasteiger partial charge in [0.25, 0.3) is 0 Å². The van der Waals surface area contributed by atoms with Gasteiger partial charge in [-0.05, 0) is 17.2 Å². The van der Waals surface area contributed by atoms with Gasteiger partial charge in [0, 0.05) is 25.6 Å². The summed E-state index contributed by atoms with van der Waals surface area (Å²) < 4.78 is 45.1. The van der Waals surface area contributed by atoms with E-state index in [9.17, 15) is 18.0 Å². The van der Waals surface area contributed by atoms with Gasteiger partial charge < -0.3 is 4.74 Å². The number of alkyl halides is 3. The van der Waals surface area contributed by atoms with Crippen molar-refractivity contribution in [3.63, 3.8) is 0 Å². The Balaban J connectivity index is 1.91. The van der Waals surface area contributed by atoms with Crippen LogP contribution >= 0.6 is 0 Å². The summed E-state index contributed by atoms with van der Waals surface area (Å²) in [6.07, 6.45) is -4.45. The lowest BCUT2D eigenvalue weighted by Crippen LogP contribution is -2.25. The third-order valence-corrected chi connectivity index (χ3v) is 4.81. The number of ether oxygens (including phenoxy) is 1. The van der Waals surface area contributed by atoms with E-state index in [4.69, 9.17) is 4.74 Å². The summed E-state index contributed by atoms with van der Waals surface area (Å²) >= 11 is 0. The predicted molar refractivity (Wildman–Crippen MR) is 91.4 cm³/mol. The molecule has 0 radical (unpaired) electrons. The number of rotatable bonds is 4. The number of likely N-dealkylation sites (tertiary alicyclic amines) is 1. The summed E-state index contributed by atoms with van der Waals surface area (Å²) in [6, 6.07) is 15.2. The molecule has 1 aliphatic rings. The molecule has 138 valence electrons. The van der Waals surface area contributed by atoms with E-state index in [0.717, 1.165) is 11.6 Å². The third-order valence-electron chi connectivity index (χ3n) is 4.81. The molecule has 0 amide bonds. The van der Waals surface area contributed by atoms with Crippen LogP contribution in [-0.2, 0) is 22.3 Å². The molecule has 0 aromatic heterocycles. The highest BCUT2D eigenvalue weighted by atomic mass is 19.4. The number of esters is 1. The maximum Gasteiger partial charge on any atom is 0.416 e. The third kappa shape index (κ3) is 3.90. The van der Waals surface area contributed by atoms with Gasteiger partial charge in [-0.2, -0.15) is 13.2 Å². The second kappa shape index (κ2) is 7.50. The molecule has 0 bridgehead atoms. The number of hydrogen-bond donors (Lipinski definition) is 0. The molecule has 1 heterocycles. The van der Waals surface area contributed by atoms with Crippen LogP contribution in [0.5, 0.6) is 0 Å². The predicted octanol–water partition coefficient (Wildman–Crippen LogP) is 4.09. The van der Waals surface area contributed by atoms with Gasteiger partial charge in [0.1, 0.15) is 0 Å². The first-order chi connectivity index (χ1) is 12.4. The fourth-order valence-electron chi connectivity index (χ4n) is 3.64. The second-order valence-electron chi connectivity index (χ2n) is 6.50. The molecule has 0 saturated carbocycles. The van der Waals surface area contributed by atoms with Gasteiger partial charge >= 0.3 is 12.1 Å². The Morgan fingerprint density at radius 3 is 2.38 bits per heavy atom. The van der Waals surface area contributed by atoms with Gasteiger partial charge in [0.2, 0.25) is 0 Å². The first kappa shape index (κ1) is 18.5. The van der Waals surface area contributed by atoms with Gasteiger partial charge in [0.15, 0.2) is 0 Å². The van der Waals surface area contributed by atoms with Gasteiger partial charge in [-0.3, -0.25) is 9.69 Å². The van der Waals surface area contributed by atoms with E-state index < -0.39 is 29.5 Å². The fraction of sp³-hybridized carbons (Fsp3) is 0.350. The molecular formula is C20H20F3NO2. The van der Waals surface area contributed by atoms with E-state index in [1.807, 2.05) is 35.2 Å². The Morgan fingerprint density at radius 1 is 1.08 bits per heavy atom. The summed E-state index contributed by atoms with van der Waals surface area (Å²) in [5, 5.41) is 0. The van der Waals surface area contributed by atoms with Crippen molar-refractivity contribution in [2.24, 2.45) is 5.92 Å². The summed E-state index contributed by atoms with van der Waals surface area (Å²) in [5.41, 5.74) is 0.535. The maximum atomic E-state index is 13.4. The zero-order chi connectivity index (χ0) is 18.7. The average molecular weight is 363 g/mol. The number of halogens is 3. The smallest absolute Gasteiger partial charge is 0.416 e. The lowest BCUT2D eigenvalue weighted by Gasteiger charge is -2.21. The summed E-state index contributed by atoms with van der Waals surface area (Å²) in [6.45, 7) is 1.33. The Labute approximate surface area is 150 Å². The molecule has 0 aliphatic carbocycles. The Morgan fingerprint density at radius 2 is 1.73 bits per heavy atom. The second-order valence-corrected chi connectivity index (χ2v) is 6.50. The molecule has 2 aromatic rings. The molecule has 3 rings (SSSR count). The molecule has 1 fully saturated rings. The zero-order valence-corrected chi connectivity index (χ0v) is 14.4. The van der Waals surface area contributed by atoms with Crippen LogP contribution in [-0.4, -0.2) is 31.1 Å². The van der Waals surface area contributed by atoms with Crippen LogP contribution in [0.4, 0.5) is 13.2 Å². The molecule has 1 aliphatic heterocycles. The number of hydrogen-bond acceptors (Lipinski definition) is 3. The van der Waals surface area contributed by atoms with Crippen molar-refractivity contribution in [2.45, 2.75) is 18.6 Å². The lowest BCUT2D eigenvalue weighted by atomic mass is 9.86. The lowest BCUT2D eigenvalue weighted by molar-refractivity contribution is -0.146. The molecule has 0 N–H and O–H groups in total. The molecule has 3 nitrogen and oxygen atoms in total. The van der Waals surface area contributed by atoms with Crippen LogP contribution in [0, 0.1) is 5.92 Å². The minimum Gasteiger partial charge on any atom is -0.469 e. The largest absolute Gasteiger partial charge is 0.469 e. The van der Waals surface area contributed by atoms with Crippen LogP contribution in [0.15, 0.2) is 54.6 Å². The number of methoxy groups -OCH3 is 1. The molecule has 0 spiro atoms. The monoisotopic (exact) mass is 363 g/mol. The van der Waals surface area contributed by atoms with Gasteiger partial charge in [-0.25, -0.2) is 0 Å². The van der Waals surface area contributed by atoms with Crippen molar-refractivity contribution >= 4 is 5.97 Å². The average Bonchev–Trinajstić information content (AvgIpc) is 3.05. The first-order valence-corrected chi connectivity index (χ1v) is 8.40.